The molecule has 0 aromatic carbocycles. The second-order valence-electron chi connectivity index (χ2n) is 3.03. The van der Waals surface area contributed by atoms with Crippen molar-refractivity contribution in [1.82, 2.24) is 10.6 Å². The number of amides is 2. The van der Waals surface area contributed by atoms with Gasteiger partial charge in [-0.05, 0) is 0 Å². The lowest BCUT2D eigenvalue weighted by atomic mass is 10.4. The molecule has 0 saturated carbocycles. The van der Waals surface area contributed by atoms with Gasteiger partial charge < -0.3 is 15.7 Å². The molecule has 0 spiro atoms. The largest absolute Gasteiger partial charge is 0.480 e. The molecule has 86 valence electrons. The first kappa shape index (κ1) is 12.5. The predicted molar refractivity (Wildman–Crippen MR) is 62.6 cm³/mol. The molecule has 1 saturated heterocycles. The first-order valence-corrected chi connectivity index (χ1v) is 6.81. The number of carbonyl (C=O) groups is 2. The molecular weight excluding hydrogens is 236 g/mol. The highest BCUT2D eigenvalue weighted by Gasteiger charge is 2.14. The molecule has 1 atom stereocenters. The lowest BCUT2D eigenvalue weighted by Crippen LogP contribution is -2.42. The monoisotopic (exact) mass is 250 g/mol. The van der Waals surface area contributed by atoms with Crippen LogP contribution in [-0.4, -0.2) is 52.7 Å². The summed E-state index contributed by atoms with van der Waals surface area (Å²) in [6.07, 6.45) is 0. The summed E-state index contributed by atoms with van der Waals surface area (Å²) in [5, 5.41) is 13.7. The summed E-state index contributed by atoms with van der Waals surface area (Å²) in [5.74, 6) is 2.30. The van der Waals surface area contributed by atoms with E-state index in [2.05, 4.69) is 10.6 Å². The fourth-order valence-corrected chi connectivity index (χ4v) is 3.69. The van der Waals surface area contributed by atoms with Gasteiger partial charge in [0.15, 0.2) is 0 Å². The van der Waals surface area contributed by atoms with E-state index in [-0.39, 0.29) is 6.54 Å². The standard InChI is InChI=1S/C8H14N2O3S2/c11-7(12)4-10-8(13)9-3-6-5-14-1-2-15-6/h6H,1-5H2,(H,11,12)(H2,9,10,13). The molecular formula is C8H14N2O3S2. The van der Waals surface area contributed by atoms with E-state index in [1.807, 2.05) is 23.5 Å². The molecule has 0 aliphatic carbocycles. The van der Waals surface area contributed by atoms with Crippen LogP contribution >= 0.6 is 23.5 Å². The maximum atomic E-state index is 11.1. The van der Waals surface area contributed by atoms with Crippen molar-refractivity contribution in [1.29, 1.82) is 0 Å². The number of nitrogens with one attached hydrogen (secondary N) is 2. The number of carboxylic acid groups (broad SMARTS) is 1. The minimum atomic E-state index is -1.03. The minimum absolute atomic E-state index is 0.335. The Labute approximate surface area is 96.8 Å². The summed E-state index contributed by atoms with van der Waals surface area (Å²) < 4.78 is 0. The van der Waals surface area contributed by atoms with Crippen molar-refractivity contribution in [2.24, 2.45) is 0 Å². The summed E-state index contributed by atoms with van der Waals surface area (Å²) in [4.78, 5) is 21.2. The Morgan fingerprint density at radius 1 is 1.33 bits per heavy atom. The van der Waals surface area contributed by atoms with Gasteiger partial charge in [0.05, 0.1) is 0 Å². The van der Waals surface area contributed by atoms with Crippen LogP contribution in [0.5, 0.6) is 0 Å². The van der Waals surface area contributed by atoms with Gasteiger partial charge in [-0.1, -0.05) is 0 Å². The van der Waals surface area contributed by atoms with Crippen molar-refractivity contribution in [3.05, 3.63) is 0 Å². The third-order valence-corrected chi connectivity index (χ3v) is 4.62. The van der Waals surface area contributed by atoms with E-state index in [0.29, 0.717) is 11.8 Å². The Morgan fingerprint density at radius 3 is 2.73 bits per heavy atom. The highest BCUT2D eigenvalue weighted by Crippen LogP contribution is 2.23. The van der Waals surface area contributed by atoms with Gasteiger partial charge in [0.1, 0.15) is 6.54 Å². The van der Waals surface area contributed by atoms with Gasteiger partial charge in [-0.15, -0.1) is 0 Å². The quantitative estimate of drug-likeness (QED) is 0.665. The molecule has 1 rings (SSSR count). The van der Waals surface area contributed by atoms with Gasteiger partial charge in [-0.3, -0.25) is 4.79 Å². The van der Waals surface area contributed by atoms with E-state index in [1.165, 1.54) is 5.75 Å². The van der Waals surface area contributed by atoms with Crippen molar-refractivity contribution < 1.29 is 14.7 Å². The molecule has 5 nitrogen and oxygen atoms in total. The molecule has 2 amide bonds. The molecule has 1 fully saturated rings. The number of carbonyl (C=O) groups excluding carboxylic acids is 1. The van der Waals surface area contributed by atoms with Crippen LogP contribution in [0.1, 0.15) is 0 Å². The van der Waals surface area contributed by atoms with E-state index < -0.39 is 12.0 Å². The Kier molecular flexibility index (Phi) is 5.70. The summed E-state index contributed by atoms with van der Waals surface area (Å²) in [5.41, 5.74) is 0. The lowest BCUT2D eigenvalue weighted by molar-refractivity contribution is -0.135. The second-order valence-corrected chi connectivity index (χ2v) is 5.58. The molecule has 7 heteroatoms. The maximum Gasteiger partial charge on any atom is 0.323 e. The SMILES string of the molecule is O=C(O)CNC(=O)NCC1CSCCS1. The van der Waals surface area contributed by atoms with E-state index in [9.17, 15) is 9.59 Å². The van der Waals surface area contributed by atoms with Gasteiger partial charge >= 0.3 is 12.0 Å². The molecule has 1 aliphatic heterocycles. The van der Waals surface area contributed by atoms with Crippen LogP contribution in [0.3, 0.4) is 0 Å². The molecule has 15 heavy (non-hydrogen) atoms. The van der Waals surface area contributed by atoms with Crippen molar-refractivity contribution >= 4 is 35.5 Å². The topological polar surface area (TPSA) is 78.4 Å². The summed E-state index contributed by atoms with van der Waals surface area (Å²) in [6, 6.07) is -0.409. The highest BCUT2D eigenvalue weighted by atomic mass is 32.2. The van der Waals surface area contributed by atoms with Crippen molar-refractivity contribution in [3.8, 4) is 0 Å². The summed E-state index contributed by atoms with van der Waals surface area (Å²) >= 11 is 3.74. The molecule has 1 heterocycles. The first-order chi connectivity index (χ1) is 7.18. The second kappa shape index (κ2) is 6.84. The molecule has 3 N–H and O–H groups in total. The van der Waals surface area contributed by atoms with Gasteiger partial charge in [0.2, 0.25) is 0 Å². The van der Waals surface area contributed by atoms with Crippen LogP contribution in [0.25, 0.3) is 0 Å². The number of rotatable bonds is 4. The summed E-state index contributed by atoms with van der Waals surface area (Å²) in [7, 11) is 0. The van der Waals surface area contributed by atoms with E-state index in [1.54, 1.807) is 0 Å². The van der Waals surface area contributed by atoms with E-state index in [4.69, 9.17) is 5.11 Å². The predicted octanol–water partition coefficient (Wildman–Crippen LogP) is 0.219. The Morgan fingerprint density at radius 2 is 2.13 bits per heavy atom. The summed E-state index contributed by atoms with van der Waals surface area (Å²) in [6.45, 7) is 0.265. The van der Waals surface area contributed by atoms with Crippen LogP contribution < -0.4 is 10.6 Å². The molecule has 1 aliphatic rings. The molecule has 1 unspecified atom stereocenters. The number of hydrogen-bond acceptors (Lipinski definition) is 4. The normalized spacial score (nSPS) is 20.7. The van der Waals surface area contributed by atoms with Gasteiger partial charge in [-0.25, -0.2) is 4.79 Å². The van der Waals surface area contributed by atoms with Crippen molar-refractivity contribution in [2.45, 2.75) is 5.25 Å². The van der Waals surface area contributed by atoms with Crippen molar-refractivity contribution in [3.63, 3.8) is 0 Å². The zero-order chi connectivity index (χ0) is 11.1. The van der Waals surface area contributed by atoms with Crippen molar-refractivity contribution in [2.75, 3.05) is 30.3 Å². The third-order valence-electron chi connectivity index (χ3n) is 1.78. The number of urea groups is 1. The number of hydrogen-bond donors (Lipinski definition) is 3. The molecule has 0 bridgehead atoms. The highest BCUT2D eigenvalue weighted by molar-refractivity contribution is 8.06. The third kappa shape index (κ3) is 5.78. The van der Waals surface area contributed by atoms with Crippen LogP contribution in [0.15, 0.2) is 0 Å². The minimum Gasteiger partial charge on any atom is -0.480 e. The number of thioether (sulfide) groups is 2. The average Bonchev–Trinajstić information content (AvgIpc) is 2.25. The fourth-order valence-electron chi connectivity index (χ4n) is 1.08. The maximum absolute atomic E-state index is 11.1. The zero-order valence-electron chi connectivity index (χ0n) is 8.19. The lowest BCUT2D eigenvalue weighted by Gasteiger charge is -2.21. The van der Waals surface area contributed by atoms with Gasteiger partial charge in [0.25, 0.3) is 0 Å². The average molecular weight is 250 g/mol. The molecule has 0 aromatic rings. The molecule has 0 radical (unpaired) electrons. The Bertz CT molecular complexity index is 232. The van der Waals surface area contributed by atoms with Gasteiger partial charge in [0, 0.05) is 29.1 Å². The first-order valence-electron chi connectivity index (χ1n) is 4.61. The van der Waals surface area contributed by atoms with Crippen LogP contribution in [-0.2, 0) is 4.79 Å². The number of aliphatic carboxylic acids is 1. The van der Waals surface area contributed by atoms with Crippen LogP contribution in [0.4, 0.5) is 4.79 Å². The fraction of sp³-hybridized carbons (Fsp3) is 0.750. The Balaban J connectivity index is 2.07. The Hall–Kier alpha value is -0.560. The molecule has 0 aromatic heterocycles. The van der Waals surface area contributed by atoms with E-state index in [0.717, 1.165) is 11.5 Å². The van der Waals surface area contributed by atoms with Crippen LogP contribution in [0.2, 0.25) is 0 Å². The zero-order valence-corrected chi connectivity index (χ0v) is 9.83. The van der Waals surface area contributed by atoms with Gasteiger partial charge in [-0.2, -0.15) is 23.5 Å². The number of carboxylic acids is 1. The van der Waals surface area contributed by atoms with Crippen LogP contribution in [0, 0.1) is 0 Å². The van der Waals surface area contributed by atoms with E-state index >= 15 is 0 Å². The smallest absolute Gasteiger partial charge is 0.323 e.